The third kappa shape index (κ3) is 3.30. The van der Waals surface area contributed by atoms with Gasteiger partial charge in [-0.2, -0.15) is 22.0 Å². The average Bonchev–Trinajstić information content (AvgIpc) is 3.34. The summed E-state index contributed by atoms with van der Waals surface area (Å²) in [4.78, 5) is 12.2. The van der Waals surface area contributed by atoms with Gasteiger partial charge in [0.1, 0.15) is 0 Å². The van der Waals surface area contributed by atoms with Gasteiger partial charge in [-0.05, 0) is 50.3 Å². The van der Waals surface area contributed by atoms with Gasteiger partial charge in [-0.25, -0.2) is 0 Å². The number of nitrogens with one attached hydrogen (secondary N) is 1. The van der Waals surface area contributed by atoms with Crippen molar-refractivity contribution in [1.82, 2.24) is 15.5 Å². The Balaban J connectivity index is 1.65. The second kappa shape index (κ2) is 6.08. The predicted molar refractivity (Wildman–Crippen MR) is 90.0 cm³/mol. The molecule has 0 unspecified atom stereocenters. The van der Waals surface area contributed by atoms with Crippen molar-refractivity contribution in [2.75, 3.05) is 12.8 Å². The lowest BCUT2D eigenvalue weighted by Crippen LogP contribution is -2.31. The van der Waals surface area contributed by atoms with Crippen molar-refractivity contribution in [2.45, 2.75) is 24.5 Å². The third-order valence-corrected chi connectivity index (χ3v) is 5.47. The van der Waals surface area contributed by atoms with E-state index in [0.717, 1.165) is 23.5 Å². The summed E-state index contributed by atoms with van der Waals surface area (Å²) in [5.74, 6) is -0.0122. The van der Waals surface area contributed by atoms with E-state index >= 15 is 0 Å². The number of hydrogen-bond donors (Lipinski definition) is 1. The molecule has 114 valence electrons. The van der Waals surface area contributed by atoms with Gasteiger partial charge in [0.2, 0.25) is 0 Å². The summed E-state index contributed by atoms with van der Waals surface area (Å²) in [6.07, 6.45) is 4.50. The number of benzene rings is 1. The number of nitrogens with zero attached hydrogens (tertiary/aromatic N) is 2. The van der Waals surface area contributed by atoms with Crippen LogP contribution in [-0.2, 0) is 0 Å². The van der Waals surface area contributed by atoms with Crippen LogP contribution in [-0.4, -0.2) is 33.7 Å². The first kappa shape index (κ1) is 15.0. The number of hydrogen-bond acceptors (Lipinski definition) is 4. The average molecular weight is 313 g/mol. The molecule has 22 heavy (non-hydrogen) atoms. The van der Waals surface area contributed by atoms with E-state index in [4.69, 9.17) is 0 Å². The van der Waals surface area contributed by atoms with Crippen LogP contribution in [0.5, 0.6) is 0 Å². The van der Waals surface area contributed by atoms with Crippen molar-refractivity contribution in [2.24, 2.45) is 0 Å². The van der Waals surface area contributed by atoms with Crippen molar-refractivity contribution in [3.8, 4) is 11.3 Å². The molecule has 0 spiro atoms. The molecule has 1 heterocycles. The molecule has 3 rings (SSSR count). The molecular formula is C17H19N3OS. The predicted octanol–water partition coefficient (Wildman–Crippen LogP) is 3.08. The molecule has 2 aromatic rings. The highest BCUT2D eigenvalue weighted by molar-refractivity contribution is 8.00. The van der Waals surface area contributed by atoms with E-state index in [1.54, 1.807) is 0 Å². The quantitative estimate of drug-likeness (QED) is 0.921. The molecule has 0 saturated heterocycles. The minimum atomic E-state index is -0.0122. The van der Waals surface area contributed by atoms with Gasteiger partial charge in [0.15, 0.2) is 0 Å². The van der Waals surface area contributed by atoms with Gasteiger partial charge in [-0.15, -0.1) is 0 Å². The summed E-state index contributed by atoms with van der Waals surface area (Å²) < 4.78 is 0.285. The van der Waals surface area contributed by atoms with Crippen molar-refractivity contribution in [1.29, 1.82) is 0 Å². The van der Waals surface area contributed by atoms with Gasteiger partial charge >= 0.3 is 0 Å². The van der Waals surface area contributed by atoms with E-state index in [2.05, 4.69) is 21.8 Å². The first-order valence-corrected chi connectivity index (χ1v) is 8.58. The van der Waals surface area contributed by atoms with Crippen LogP contribution >= 0.6 is 11.8 Å². The lowest BCUT2D eigenvalue weighted by molar-refractivity contribution is 0.0953. The molecule has 0 aliphatic heterocycles. The lowest BCUT2D eigenvalue weighted by Gasteiger charge is -2.13. The molecule has 1 aliphatic rings. The van der Waals surface area contributed by atoms with Gasteiger partial charge in [0.25, 0.3) is 5.91 Å². The lowest BCUT2D eigenvalue weighted by atomic mass is 10.1. The minimum absolute atomic E-state index is 0.0122. The van der Waals surface area contributed by atoms with Crippen LogP contribution in [0.25, 0.3) is 11.3 Å². The zero-order valence-corrected chi connectivity index (χ0v) is 13.6. The third-order valence-electron chi connectivity index (χ3n) is 4.05. The van der Waals surface area contributed by atoms with Crippen LogP contribution in [0.2, 0.25) is 0 Å². The molecule has 5 heteroatoms. The minimum Gasteiger partial charge on any atom is -0.351 e. The number of carbonyl (C=O) groups excluding carboxylic acids is 1. The molecule has 1 saturated carbocycles. The highest BCUT2D eigenvalue weighted by Gasteiger charge is 2.41. The fourth-order valence-corrected chi connectivity index (χ4v) is 3.01. The Morgan fingerprint density at radius 2 is 1.91 bits per heavy atom. The number of rotatable bonds is 5. The number of thioether (sulfide) groups is 1. The largest absolute Gasteiger partial charge is 0.351 e. The SMILES string of the molecule is CSC1(CNC(=O)c2ccc(-c3ccc(C)nn3)cc2)CC1. The maximum Gasteiger partial charge on any atom is 0.251 e. The summed E-state index contributed by atoms with van der Waals surface area (Å²) in [5.41, 5.74) is 3.35. The Morgan fingerprint density at radius 1 is 1.18 bits per heavy atom. The van der Waals surface area contributed by atoms with Crippen molar-refractivity contribution >= 4 is 17.7 Å². The molecule has 1 N–H and O–H groups in total. The van der Waals surface area contributed by atoms with E-state index in [0.29, 0.717) is 5.56 Å². The topological polar surface area (TPSA) is 54.9 Å². The van der Waals surface area contributed by atoms with Crippen LogP contribution in [0.4, 0.5) is 0 Å². The van der Waals surface area contributed by atoms with Gasteiger partial charge in [-0.3, -0.25) is 4.79 Å². The number of carbonyl (C=O) groups is 1. The molecule has 0 radical (unpaired) electrons. The molecular weight excluding hydrogens is 294 g/mol. The number of aryl methyl sites for hydroxylation is 1. The zero-order chi connectivity index (χ0) is 15.6. The highest BCUT2D eigenvalue weighted by Crippen LogP contribution is 2.46. The van der Waals surface area contributed by atoms with Crippen LogP contribution in [0.1, 0.15) is 28.9 Å². The van der Waals surface area contributed by atoms with E-state index in [9.17, 15) is 4.79 Å². The molecule has 1 aromatic heterocycles. The van der Waals surface area contributed by atoms with Gasteiger partial charge < -0.3 is 5.32 Å². The summed E-state index contributed by atoms with van der Waals surface area (Å²) >= 11 is 1.85. The Kier molecular flexibility index (Phi) is 4.16. The summed E-state index contributed by atoms with van der Waals surface area (Å²) in [5, 5.41) is 11.2. The van der Waals surface area contributed by atoms with Crippen LogP contribution in [0.3, 0.4) is 0 Å². The molecule has 1 fully saturated rings. The van der Waals surface area contributed by atoms with Crippen LogP contribution in [0.15, 0.2) is 36.4 Å². The standard InChI is InChI=1S/C17H19N3OS/c1-12-3-8-15(20-19-12)13-4-6-14(7-5-13)16(21)18-11-17(22-2)9-10-17/h3-8H,9-11H2,1-2H3,(H,18,21). The Labute approximate surface area is 134 Å². The maximum absolute atomic E-state index is 12.2. The van der Waals surface area contributed by atoms with Crippen LogP contribution < -0.4 is 5.32 Å². The fourth-order valence-electron chi connectivity index (χ4n) is 2.28. The normalized spacial score (nSPS) is 15.4. The summed E-state index contributed by atoms with van der Waals surface area (Å²) in [6, 6.07) is 11.4. The van der Waals surface area contributed by atoms with E-state index in [1.165, 1.54) is 12.8 Å². The second-order valence-electron chi connectivity index (χ2n) is 5.71. The van der Waals surface area contributed by atoms with Crippen LogP contribution in [0, 0.1) is 6.92 Å². The zero-order valence-electron chi connectivity index (χ0n) is 12.8. The molecule has 4 nitrogen and oxygen atoms in total. The fraction of sp³-hybridized carbons (Fsp3) is 0.353. The van der Waals surface area contributed by atoms with Gasteiger partial charge in [-0.1, -0.05) is 12.1 Å². The van der Waals surface area contributed by atoms with E-state index in [1.807, 2.05) is 55.1 Å². The second-order valence-corrected chi connectivity index (χ2v) is 6.98. The molecule has 1 aliphatic carbocycles. The number of aromatic nitrogens is 2. The van der Waals surface area contributed by atoms with Crippen molar-refractivity contribution in [3.05, 3.63) is 47.7 Å². The molecule has 0 atom stereocenters. The van der Waals surface area contributed by atoms with Crippen molar-refractivity contribution < 1.29 is 4.79 Å². The highest BCUT2D eigenvalue weighted by atomic mass is 32.2. The van der Waals surface area contributed by atoms with Crippen molar-refractivity contribution in [3.63, 3.8) is 0 Å². The van der Waals surface area contributed by atoms with Gasteiger partial charge in [0, 0.05) is 22.4 Å². The first-order valence-electron chi connectivity index (χ1n) is 7.36. The van der Waals surface area contributed by atoms with E-state index < -0.39 is 0 Å². The summed E-state index contributed by atoms with van der Waals surface area (Å²) in [6.45, 7) is 2.66. The Hall–Kier alpha value is -1.88. The first-order chi connectivity index (χ1) is 10.6. The van der Waals surface area contributed by atoms with E-state index in [-0.39, 0.29) is 10.7 Å². The smallest absolute Gasteiger partial charge is 0.251 e. The monoisotopic (exact) mass is 313 g/mol. The molecule has 1 aromatic carbocycles. The van der Waals surface area contributed by atoms with Gasteiger partial charge in [0.05, 0.1) is 11.4 Å². The Bertz CT molecular complexity index is 663. The molecule has 1 amide bonds. The maximum atomic E-state index is 12.2. The Morgan fingerprint density at radius 3 is 2.45 bits per heavy atom. The number of amides is 1. The molecule has 0 bridgehead atoms. The summed E-state index contributed by atoms with van der Waals surface area (Å²) in [7, 11) is 0.